The van der Waals surface area contributed by atoms with Gasteiger partial charge in [-0.2, -0.15) is 10.1 Å². The van der Waals surface area contributed by atoms with Gasteiger partial charge in [0.05, 0.1) is 81.1 Å². The SMILES string of the molecule is C=C/C=C/C=C(\C)[C@H](C[C@@H]1CC[C@@H](C)[C@](O)(C(=O)C(=O)N2CCCC[C@H]2C(=O)O[C@@H](C[C@@H](O)[C@H](C)/C=C(\C)[C@@H](O)[C@@H](O)/C(=N/OCC(=O)NCc2cnc(N3CCN(C(=O)CN(C)CC(=O)NCCOCCOCCC(=O)NCCCCn4nc(-c5ccc6oc(N)nc6c5)c5c(N)ncnc54)CC3)nc2)[C@H](C)CC(C)C)[C@H](N)C[C@@H]2CC[C@@H](O)[C@H](OC)C2)O1)OC. The van der Waals surface area contributed by atoms with Crippen LogP contribution in [0.15, 0.2) is 94.6 Å². The van der Waals surface area contributed by atoms with E-state index < -0.39 is 115 Å². The summed E-state index contributed by atoms with van der Waals surface area (Å²) in [5.41, 5.74) is 23.9. The van der Waals surface area contributed by atoms with E-state index in [9.17, 15) is 59.1 Å². The van der Waals surface area contributed by atoms with Gasteiger partial charge in [-0.05, 0) is 139 Å². The number of anilines is 3. The van der Waals surface area contributed by atoms with Crippen LogP contribution in [0.4, 0.5) is 17.8 Å². The molecule has 5 amide bonds. The first-order chi connectivity index (χ1) is 60.8. The molecule has 0 radical (unpaired) electrons. The number of unbranched alkanes of at least 4 members (excludes halogenated alkanes) is 1. The summed E-state index contributed by atoms with van der Waals surface area (Å²) >= 11 is 0. The third kappa shape index (κ3) is 29.3. The van der Waals surface area contributed by atoms with E-state index in [4.69, 9.17) is 60.0 Å². The number of nitrogens with two attached hydrogens (primary N) is 3. The van der Waals surface area contributed by atoms with Gasteiger partial charge in [0.1, 0.15) is 47.7 Å². The number of methoxy groups -OCH3 is 2. The van der Waals surface area contributed by atoms with Crippen LogP contribution in [0, 0.1) is 29.6 Å². The highest BCUT2D eigenvalue weighted by atomic mass is 16.6. The number of ether oxygens (including phenoxy) is 6. The second kappa shape index (κ2) is 49.6. The van der Waals surface area contributed by atoms with E-state index in [1.807, 2.05) is 56.9 Å². The average molecular weight is 1780 g/mol. The largest absolute Gasteiger partial charge is 0.459 e. The molecule has 127 heavy (non-hydrogen) atoms. The molecule has 5 aromatic rings. The van der Waals surface area contributed by atoms with Crippen LogP contribution in [0.25, 0.3) is 33.4 Å². The summed E-state index contributed by atoms with van der Waals surface area (Å²) in [6, 6.07) is 3.39. The molecule has 9 rings (SSSR count). The molecule has 0 spiro atoms. The lowest BCUT2D eigenvalue weighted by Crippen LogP contribution is -2.61. The molecule has 15 atom stereocenters. The molecule has 4 aliphatic rings. The minimum Gasteiger partial charge on any atom is -0.459 e. The molecule has 4 aromatic heterocycles. The van der Waals surface area contributed by atoms with Crippen molar-refractivity contribution in [2.45, 2.75) is 225 Å². The number of aliphatic hydroxyl groups is 5. The summed E-state index contributed by atoms with van der Waals surface area (Å²) in [5, 5.41) is 76.6. The van der Waals surface area contributed by atoms with Gasteiger partial charge in [0.25, 0.3) is 23.6 Å². The molecule has 38 heteroatoms. The Labute approximate surface area is 742 Å². The Kier molecular flexibility index (Phi) is 39.4. The van der Waals surface area contributed by atoms with Crippen LogP contribution in [0.5, 0.6) is 0 Å². The molecule has 14 N–H and O–H groups in total. The lowest BCUT2D eigenvalue weighted by Gasteiger charge is -2.42. The quantitative estimate of drug-likeness (QED) is 0.00489. The molecule has 7 heterocycles. The Bertz CT molecular complexity index is 4550. The Hall–Kier alpha value is -9.84. The first kappa shape index (κ1) is 101. The third-order valence-electron chi connectivity index (χ3n) is 23.9. The smallest absolute Gasteiger partial charge is 0.329 e. The summed E-state index contributed by atoms with van der Waals surface area (Å²) < 4.78 is 42.2. The maximum atomic E-state index is 14.7. The van der Waals surface area contributed by atoms with Crippen molar-refractivity contribution in [2.24, 2.45) is 40.5 Å². The number of aliphatic hydroxyl groups excluding tert-OH is 4. The molecule has 0 bridgehead atoms. The van der Waals surface area contributed by atoms with Crippen LogP contribution in [-0.2, 0) is 79.9 Å². The summed E-state index contributed by atoms with van der Waals surface area (Å²) in [6.45, 7) is 19.8. The van der Waals surface area contributed by atoms with Gasteiger partial charge in [0.15, 0.2) is 17.8 Å². The minimum absolute atomic E-state index is 0.00434. The fourth-order valence-electron chi connectivity index (χ4n) is 16.6. The van der Waals surface area contributed by atoms with E-state index in [2.05, 4.69) is 52.6 Å². The van der Waals surface area contributed by atoms with Gasteiger partial charge in [-0.1, -0.05) is 76.7 Å². The molecule has 1 aromatic carbocycles. The van der Waals surface area contributed by atoms with Gasteiger partial charge in [0.2, 0.25) is 29.5 Å². The maximum absolute atomic E-state index is 14.7. The number of benzene rings is 1. The molecule has 38 nitrogen and oxygen atoms in total. The number of nitrogens with zero attached hydrogens (tertiary/aromatic N) is 12. The van der Waals surface area contributed by atoms with Gasteiger partial charge in [-0.15, -0.1) is 0 Å². The van der Waals surface area contributed by atoms with Crippen LogP contribution >= 0.6 is 0 Å². The highest BCUT2D eigenvalue weighted by Gasteiger charge is 2.53. The topological polar surface area (TPSA) is 520 Å². The van der Waals surface area contributed by atoms with Crippen LogP contribution < -0.4 is 38.1 Å². The third-order valence-corrected chi connectivity index (χ3v) is 23.9. The Morgan fingerprint density at radius 2 is 1.56 bits per heavy atom. The van der Waals surface area contributed by atoms with E-state index in [0.29, 0.717) is 161 Å². The monoisotopic (exact) mass is 1780 g/mol. The number of carbonyl (C=O) groups is 7. The van der Waals surface area contributed by atoms with E-state index >= 15 is 0 Å². The van der Waals surface area contributed by atoms with Crippen molar-refractivity contribution in [1.82, 2.24) is 65.4 Å². The van der Waals surface area contributed by atoms with Crippen molar-refractivity contribution in [1.29, 1.82) is 0 Å². The van der Waals surface area contributed by atoms with Crippen LogP contribution in [-0.4, -0.2) is 302 Å². The molecule has 0 unspecified atom stereocenters. The van der Waals surface area contributed by atoms with E-state index in [1.54, 1.807) is 86.1 Å². The van der Waals surface area contributed by atoms with Crippen molar-refractivity contribution in [2.75, 3.05) is 130 Å². The number of amides is 5. The minimum atomic E-state index is -2.50. The highest BCUT2D eigenvalue weighted by Crippen LogP contribution is 2.39. The first-order valence-electron chi connectivity index (χ1n) is 44.2. The molecule has 4 fully saturated rings. The number of likely N-dealkylation sites (N-methyl/N-ethyl adjacent to an activating group) is 1. The number of aryl methyl sites for hydroxylation is 1. The van der Waals surface area contributed by atoms with Crippen molar-refractivity contribution >= 4 is 86.9 Å². The Morgan fingerprint density at radius 1 is 0.819 bits per heavy atom. The van der Waals surface area contributed by atoms with E-state index in [0.717, 1.165) is 16.0 Å². The number of rotatable bonds is 49. The van der Waals surface area contributed by atoms with Crippen molar-refractivity contribution in [3.05, 3.63) is 90.6 Å². The molecular weight excluding hydrogens is 1640 g/mol. The lowest BCUT2D eigenvalue weighted by molar-refractivity contribution is -0.265. The maximum Gasteiger partial charge on any atom is 0.329 e. The number of esters is 1. The van der Waals surface area contributed by atoms with E-state index in [-0.39, 0.29) is 125 Å². The van der Waals surface area contributed by atoms with Crippen LogP contribution in [0.2, 0.25) is 0 Å². The normalized spacial score (nSPS) is 21.8. The molecule has 3 aliphatic heterocycles. The van der Waals surface area contributed by atoms with Crippen molar-refractivity contribution in [3.63, 3.8) is 0 Å². The van der Waals surface area contributed by atoms with Gasteiger partial charge in [-0.3, -0.25) is 33.7 Å². The number of piperazine rings is 1. The van der Waals surface area contributed by atoms with E-state index in [1.165, 1.54) is 13.4 Å². The summed E-state index contributed by atoms with van der Waals surface area (Å²) in [7, 11) is 4.77. The first-order valence-corrected chi connectivity index (χ1v) is 44.2. The number of Topliss-reactive ketones (excluding diaryl/α,β-unsaturated/α-hetero) is 1. The summed E-state index contributed by atoms with van der Waals surface area (Å²) in [4.78, 5) is 129. The molecular formula is C89H134N18O20. The summed E-state index contributed by atoms with van der Waals surface area (Å²) in [6.07, 6.45) is 11.5. The fraction of sp³-hybridized carbons (Fsp3) is 0.640. The number of allylic oxidation sites excluding steroid dienone is 4. The number of hydrogen-bond donors (Lipinski definition) is 11. The Morgan fingerprint density at radius 3 is 2.28 bits per heavy atom. The predicted octanol–water partition coefficient (Wildman–Crippen LogP) is 4.38. The molecule has 1 saturated carbocycles. The number of oxazole rings is 1. The van der Waals surface area contributed by atoms with Crippen LogP contribution in [0.1, 0.15) is 150 Å². The van der Waals surface area contributed by atoms with Crippen molar-refractivity contribution < 1.29 is 96.8 Å². The second-order valence-electron chi connectivity index (χ2n) is 34.3. The zero-order valence-corrected chi connectivity index (χ0v) is 75.1. The van der Waals surface area contributed by atoms with Gasteiger partial charge >= 0.3 is 5.97 Å². The highest BCUT2D eigenvalue weighted by molar-refractivity contribution is 6.39. The summed E-state index contributed by atoms with van der Waals surface area (Å²) in [5.74, 6) is -7.86. The van der Waals surface area contributed by atoms with Gasteiger partial charge in [0, 0.05) is 140 Å². The fourth-order valence-corrected chi connectivity index (χ4v) is 16.6. The lowest BCUT2D eigenvalue weighted by atomic mass is 9.80. The second-order valence-corrected chi connectivity index (χ2v) is 34.3. The number of oxime groups is 1. The Balaban J connectivity index is 0.662. The van der Waals surface area contributed by atoms with Gasteiger partial charge in [-0.25, -0.2) is 29.4 Å². The molecule has 700 valence electrons. The number of carbonyl (C=O) groups excluding carboxylic acids is 7. The zero-order chi connectivity index (χ0) is 92.0. The number of hydrogen-bond acceptors (Lipinski definition) is 32. The average Bonchev–Trinajstić information content (AvgIpc) is 1.65. The number of ketones is 1. The molecule has 1 aliphatic carbocycles. The number of fused-ring (bicyclic) bond motifs is 2. The number of likely N-dealkylation sites (tertiary alicyclic amines) is 1. The number of nitrogen functional groups attached to an aromatic ring is 2. The number of piperidine rings is 1. The zero-order valence-electron chi connectivity index (χ0n) is 75.1. The molecule has 3 saturated heterocycles. The predicted molar refractivity (Wildman–Crippen MR) is 474 cm³/mol. The number of nitrogens with one attached hydrogen (secondary N) is 3. The standard InChI is InChI=1S/C89H134N18O20/c1-12-13-14-19-55(4)70(120-10)45-63-24-21-59(8)89(119,127-63)82(116)85(117)106-30-17-15-20-66(106)86(118)125-71(64(90)42-60-22-25-67(108)72(43-60)121-11)46-68(109)56(5)41-58(7)80(114)81(115)78(57(6)40-54(2)3)102-124-52-75(112)95-47-61-48-96-88(97-49-61)105-34-32-104(33-35-105)76(113)51-103(9)50-74(111)94-29-37-123-39-38-122-36-27-73(110)93-28-16-18-31-107-84-77(83(91)98-53-99-84)79(101-107)62-23-26-69-65(44-62)100-87(92)126-69/h12-14,19,23,26,41,44,48-49,53-54,56-57,59-60,63-64,66-68,70-72,80-81,108-109,114-115,119H,1,15-18,20-22,24-25,27-40,42-43,45-47,50-52,90H2,2-11H3,(H2,92,100)(H,93,110)(H,94,111)(H,95,112)(H2,91,98,99)/b14-13+,55-19+,58-41+,102-78+/t56-,57-,59-,60+,63+,64-,66+,67-,68-,70+,71+,72-,80-,81+,89-/m1/s1. The van der Waals surface area contributed by atoms with Crippen molar-refractivity contribution in [3.8, 4) is 11.3 Å². The number of aromatic nitrogens is 7. The van der Waals surface area contributed by atoms with Crippen LogP contribution in [0.3, 0.4) is 0 Å². The van der Waals surface area contributed by atoms with Gasteiger partial charge < -0.3 is 111 Å².